The van der Waals surface area contributed by atoms with E-state index >= 15 is 0 Å². The highest BCUT2D eigenvalue weighted by molar-refractivity contribution is 8.32. The van der Waals surface area contributed by atoms with Gasteiger partial charge in [0.2, 0.25) is 0 Å². The van der Waals surface area contributed by atoms with E-state index in [-0.39, 0.29) is 0 Å². The first-order valence-electron chi connectivity index (χ1n) is 3.69. The van der Waals surface area contributed by atoms with Crippen LogP contribution >= 0.6 is 10.5 Å². The van der Waals surface area contributed by atoms with Gasteiger partial charge in [0.15, 0.2) is 0 Å². The maximum atomic E-state index is 5.26. The van der Waals surface area contributed by atoms with Crippen LogP contribution in [0.3, 0.4) is 0 Å². The average molecular weight is 169 g/mol. The number of hydrogen-bond acceptors (Lipinski definition) is 2. The SMILES string of the molecule is CCS1(c2ccccc2)NO1. The second-order valence-corrected chi connectivity index (χ2v) is 5.18. The minimum absolute atomic E-state index is 0.998. The second-order valence-electron chi connectivity index (χ2n) is 2.44. The van der Waals surface area contributed by atoms with Crippen molar-refractivity contribution in [3.05, 3.63) is 30.3 Å². The first-order valence-corrected chi connectivity index (χ1v) is 5.41. The van der Waals surface area contributed by atoms with E-state index in [0.29, 0.717) is 0 Å². The van der Waals surface area contributed by atoms with Crippen LogP contribution in [0, 0.1) is 0 Å². The van der Waals surface area contributed by atoms with Crippen molar-refractivity contribution in [2.75, 3.05) is 5.75 Å². The van der Waals surface area contributed by atoms with Crippen molar-refractivity contribution < 1.29 is 4.28 Å². The molecule has 1 aromatic rings. The minimum atomic E-state index is -0.998. The summed E-state index contributed by atoms with van der Waals surface area (Å²) in [5.74, 6) is 1.05. The van der Waals surface area contributed by atoms with Gasteiger partial charge < -0.3 is 0 Å². The monoisotopic (exact) mass is 169 g/mol. The summed E-state index contributed by atoms with van der Waals surface area (Å²) in [6, 6.07) is 10.3. The Balaban J connectivity index is 2.30. The number of hydrogen-bond donors (Lipinski definition) is 1. The highest BCUT2D eigenvalue weighted by Crippen LogP contribution is 2.63. The lowest BCUT2D eigenvalue weighted by Crippen LogP contribution is -1.88. The van der Waals surface area contributed by atoms with Gasteiger partial charge in [-0.25, -0.2) is 4.28 Å². The molecule has 1 aliphatic rings. The summed E-state index contributed by atoms with van der Waals surface area (Å²) in [6.07, 6.45) is 0. The molecule has 0 aromatic heterocycles. The van der Waals surface area contributed by atoms with Crippen molar-refractivity contribution >= 4 is 10.5 Å². The van der Waals surface area contributed by atoms with Crippen LogP contribution in [0.4, 0.5) is 0 Å². The molecule has 0 bridgehead atoms. The molecule has 60 valence electrons. The summed E-state index contributed by atoms with van der Waals surface area (Å²) in [4.78, 5) is 4.29. The van der Waals surface area contributed by atoms with Gasteiger partial charge >= 0.3 is 0 Å². The van der Waals surface area contributed by atoms with Crippen molar-refractivity contribution in [2.45, 2.75) is 11.8 Å². The smallest absolute Gasteiger partial charge is 0.0300 e. The van der Waals surface area contributed by atoms with E-state index in [1.807, 2.05) is 18.2 Å². The maximum absolute atomic E-state index is 5.26. The normalized spacial score (nSPS) is 34.3. The zero-order chi connectivity index (χ0) is 7.73. The lowest BCUT2D eigenvalue weighted by atomic mass is 10.4. The molecule has 2 rings (SSSR count). The van der Waals surface area contributed by atoms with Gasteiger partial charge in [0.05, 0.1) is 0 Å². The Morgan fingerprint density at radius 3 is 2.45 bits per heavy atom. The molecule has 11 heavy (non-hydrogen) atoms. The van der Waals surface area contributed by atoms with Crippen molar-refractivity contribution in [3.63, 3.8) is 0 Å². The first-order chi connectivity index (χ1) is 5.37. The van der Waals surface area contributed by atoms with Crippen LogP contribution in [-0.4, -0.2) is 5.75 Å². The van der Waals surface area contributed by atoms with Crippen LogP contribution in [-0.2, 0) is 4.28 Å². The fraction of sp³-hybridized carbons (Fsp3) is 0.250. The Bertz CT molecular complexity index is 246. The Morgan fingerprint density at radius 2 is 2.00 bits per heavy atom. The van der Waals surface area contributed by atoms with Crippen molar-refractivity contribution in [2.24, 2.45) is 0 Å². The number of nitrogens with one attached hydrogen (secondary N) is 1. The zero-order valence-corrected chi connectivity index (χ0v) is 7.23. The molecular weight excluding hydrogens is 158 g/mol. The Labute approximate surface area is 68.2 Å². The Morgan fingerprint density at radius 1 is 1.36 bits per heavy atom. The molecule has 0 spiro atoms. The minimum Gasteiger partial charge on any atom is -0.222 e. The van der Waals surface area contributed by atoms with Gasteiger partial charge in [0.25, 0.3) is 0 Å². The molecule has 0 saturated carbocycles. The largest absolute Gasteiger partial charge is 0.222 e. The number of rotatable bonds is 2. The van der Waals surface area contributed by atoms with Gasteiger partial charge in [-0.1, -0.05) is 25.1 Å². The van der Waals surface area contributed by atoms with E-state index in [9.17, 15) is 0 Å². The summed E-state index contributed by atoms with van der Waals surface area (Å²) in [5, 5.41) is 0. The van der Waals surface area contributed by atoms with Crippen LogP contribution < -0.4 is 4.89 Å². The molecule has 1 heterocycles. The second kappa shape index (κ2) is 2.52. The molecule has 0 radical (unpaired) electrons. The molecule has 0 amide bonds. The third-order valence-corrected chi connectivity index (χ3v) is 4.23. The van der Waals surface area contributed by atoms with Crippen LogP contribution in [0.1, 0.15) is 6.92 Å². The van der Waals surface area contributed by atoms with Gasteiger partial charge in [0, 0.05) is 10.6 Å². The van der Waals surface area contributed by atoms with E-state index in [1.165, 1.54) is 4.90 Å². The standard InChI is InChI=1S/C8H11NOS/c1-2-11(9-10-11)8-6-4-3-5-7-8/h3-7,9H,2H2,1H3. The lowest BCUT2D eigenvalue weighted by molar-refractivity contribution is 0.467. The van der Waals surface area contributed by atoms with Crippen LogP contribution in [0.5, 0.6) is 0 Å². The molecule has 1 aromatic carbocycles. The predicted molar refractivity (Wildman–Crippen MR) is 47.1 cm³/mol. The third-order valence-electron chi connectivity index (χ3n) is 1.81. The topological polar surface area (TPSA) is 34.5 Å². The maximum Gasteiger partial charge on any atom is 0.0300 e. The molecular formula is C8H11NOS. The summed E-state index contributed by atoms with van der Waals surface area (Å²) in [5.41, 5.74) is 0. The average Bonchev–Trinajstić information content (AvgIpc) is 2.86. The van der Waals surface area contributed by atoms with Crippen molar-refractivity contribution in [1.29, 1.82) is 0 Å². The van der Waals surface area contributed by atoms with Crippen molar-refractivity contribution in [1.82, 2.24) is 4.89 Å². The van der Waals surface area contributed by atoms with E-state index in [2.05, 4.69) is 23.9 Å². The molecule has 1 atom stereocenters. The predicted octanol–water partition coefficient (Wildman–Crippen LogP) is 2.23. The fourth-order valence-electron chi connectivity index (χ4n) is 1.06. The summed E-state index contributed by atoms with van der Waals surface area (Å²) in [6.45, 7) is 2.14. The van der Waals surface area contributed by atoms with E-state index in [1.54, 1.807) is 0 Å². The number of benzene rings is 1. The van der Waals surface area contributed by atoms with Gasteiger partial charge in [-0.3, -0.25) is 0 Å². The Kier molecular flexibility index (Phi) is 1.64. The van der Waals surface area contributed by atoms with E-state index in [4.69, 9.17) is 4.28 Å². The van der Waals surface area contributed by atoms with Crippen LogP contribution in [0.15, 0.2) is 35.2 Å². The quantitative estimate of drug-likeness (QED) is 0.689. The van der Waals surface area contributed by atoms with Gasteiger partial charge in [-0.2, -0.15) is 0 Å². The molecule has 1 aliphatic heterocycles. The fourth-order valence-corrected chi connectivity index (χ4v) is 2.75. The van der Waals surface area contributed by atoms with Gasteiger partial charge in [0.1, 0.15) is 0 Å². The Hall–Kier alpha value is -0.510. The molecule has 1 saturated heterocycles. The van der Waals surface area contributed by atoms with Crippen molar-refractivity contribution in [3.8, 4) is 0 Å². The highest BCUT2D eigenvalue weighted by atomic mass is 32.3. The zero-order valence-electron chi connectivity index (χ0n) is 6.41. The summed E-state index contributed by atoms with van der Waals surface area (Å²) in [7, 11) is -0.998. The molecule has 0 aliphatic carbocycles. The highest BCUT2D eigenvalue weighted by Gasteiger charge is 2.38. The van der Waals surface area contributed by atoms with E-state index < -0.39 is 10.5 Å². The first kappa shape index (κ1) is 7.16. The third kappa shape index (κ3) is 1.15. The molecule has 2 nitrogen and oxygen atoms in total. The molecule has 1 fully saturated rings. The van der Waals surface area contributed by atoms with Gasteiger partial charge in [-0.15, -0.1) is 4.89 Å². The van der Waals surface area contributed by atoms with Gasteiger partial charge in [-0.05, 0) is 22.6 Å². The summed E-state index contributed by atoms with van der Waals surface area (Å²) >= 11 is 0. The molecule has 1 unspecified atom stereocenters. The molecule has 3 heteroatoms. The molecule has 1 N–H and O–H groups in total. The van der Waals surface area contributed by atoms with Crippen LogP contribution in [0.25, 0.3) is 0 Å². The lowest BCUT2D eigenvalue weighted by Gasteiger charge is -2.09. The van der Waals surface area contributed by atoms with Crippen LogP contribution in [0.2, 0.25) is 0 Å². The van der Waals surface area contributed by atoms with E-state index in [0.717, 1.165) is 5.75 Å². The summed E-state index contributed by atoms with van der Waals surface area (Å²) < 4.78 is 5.26.